The van der Waals surface area contributed by atoms with E-state index in [2.05, 4.69) is 345 Å². The number of ether oxygens (including phenoxy) is 8. The smallest absolute Gasteiger partial charge is 0.132 e. The molecule has 2 unspecified atom stereocenters. The first-order chi connectivity index (χ1) is 66.2. The molecule has 12 rings (SSSR count). The van der Waals surface area contributed by atoms with E-state index in [1.54, 1.807) is 18.7 Å². The predicted molar refractivity (Wildman–Crippen MR) is 600 cm³/mol. The van der Waals surface area contributed by atoms with Crippen molar-refractivity contribution in [3.05, 3.63) is 269 Å². The molecule has 0 fully saturated rings. The Morgan fingerprint density at radius 3 is 0.626 bits per heavy atom. The molecule has 0 bridgehead atoms. The Hall–Kier alpha value is -5.33. The highest BCUT2D eigenvalue weighted by molar-refractivity contribution is 14.1. The third-order valence-corrected chi connectivity index (χ3v) is 32.2. The van der Waals surface area contributed by atoms with Gasteiger partial charge in [0, 0.05) is 68.9 Å². The second-order valence-electron chi connectivity index (χ2n) is 35.9. The van der Waals surface area contributed by atoms with Crippen LogP contribution in [-0.2, 0) is 74.3 Å². The first-order valence-electron chi connectivity index (χ1n) is 44.9. The standard InChI is InChI=1S/3C25H30ClI2N3O4.C25H31ClIN3O4/c3*1-16(11-26)14-34-20-7-4-17(5-8-20)25(2,3)18-6-9-23(21(27)10-18)35-15-19(33)12-31-24(28)22(13-32)29-30-31;1-17(12-26)15-33-21-8-4-18(5-9-21)25(2,3)19-6-10-22(11-7-19)34-16-20(32)13-30-24(27)23(14-31)28-29-30/h3*4-10,16,19,32-33H,11-15H2,1-3H3;4-11,17,20,31-32H,12-16H2,1-3H3/t2*16-,19+;16-,19-;/m100./s1/i3*28-4;27-4. The second-order valence-corrected chi connectivity index (χ2v) is 44.7. The van der Waals surface area contributed by atoms with Crippen LogP contribution < -0.4 is 37.9 Å². The van der Waals surface area contributed by atoms with Crippen LogP contribution in [0.4, 0.5) is 0 Å². The van der Waals surface area contributed by atoms with Crippen LogP contribution in [0.3, 0.4) is 0 Å². The van der Waals surface area contributed by atoms with Crippen LogP contribution in [0.15, 0.2) is 176 Å². The molecular formula is C100H121Cl4I7N12O16. The van der Waals surface area contributed by atoms with E-state index >= 15 is 0 Å². The zero-order valence-electron chi connectivity index (χ0n) is 79.4. The molecule has 0 saturated heterocycles. The summed E-state index contributed by atoms with van der Waals surface area (Å²) in [7, 11) is 0. The molecule has 0 radical (unpaired) electrons. The van der Waals surface area contributed by atoms with E-state index in [9.17, 15) is 40.9 Å². The maximum atomic E-state index is 10.4. The van der Waals surface area contributed by atoms with Crippen LogP contribution in [0.1, 0.15) is 150 Å². The van der Waals surface area contributed by atoms with Crippen molar-refractivity contribution in [2.24, 2.45) is 23.7 Å². The number of alkyl halides is 4. The van der Waals surface area contributed by atoms with E-state index in [1.807, 2.05) is 114 Å². The van der Waals surface area contributed by atoms with Crippen LogP contribution in [0, 0.1) is 49.2 Å². The van der Waals surface area contributed by atoms with Gasteiger partial charge in [-0.1, -0.05) is 183 Å². The van der Waals surface area contributed by atoms with Gasteiger partial charge in [0.05, 0.1) is 89.7 Å². The van der Waals surface area contributed by atoms with Gasteiger partial charge in [0.15, 0.2) is 0 Å². The number of aliphatic hydroxyl groups is 8. The molecule has 8 N–H and O–H groups in total. The minimum Gasteiger partial charge on any atom is -0.493 e. The largest absolute Gasteiger partial charge is 0.493 e. The highest BCUT2D eigenvalue weighted by Crippen LogP contribution is 2.41. The maximum Gasteiger partial charge on any atom is 0.132 e. The van der Waals surface area contributed by atoms with E-state index in [0.29, 0.717) is 134 Å². The van der Waals surface area contributed by atoms with Gasteiger partial charge >= 0.3 is 0 Å². The van der Waals surface area contributed by atoms with E-state index in [4.69, 9.17) is 84.3 Å². The van der Waals surface area contributed by atoms with E-state index < -0.39 is 24.4 Å². The molecule has 28 nitrogen and oxygen atoms in total. The van der Waals surface area contributed by atoms with Crippen molar-refractivity contribution in [3.8, 4) is 46.0 Å². The lowest BCUT2D eigenvalue weighted by atomic mass is 9.78. The average molecular weight is 2760 g/mol. The van der Waals surface area contributed by atoms with Crippen molar-refractivity contribution >= 4 is 205 Å². The molecular weight excluding hydrogens is 2640 g/mol. The van der Waals surface area contributed by atoms with Gasteiger partial charge in [-0.3, -0.25) is 0 Å². The fourth-order valence-electron chi connectivity index (χ4n) is 13.6. The van der Waals surface area contributed by atoms with E-state index in [-0.39, 0.29) is 101 Å². The molecule has 0 aliphatic carbocycles. The van der Waals surface area contributed by atoms with Crippen LogP contribution in [0.5, 0.6) is 46.0 Å². The summed E-state index contributed by atoms with van der Waals surface area (Å²) in [5.74, 6) is 9.73. The second kappa shape index (κ2) is 57.1. The van der Waals surface area contributed by atoms with Gasteiger partial charge in [0.25, 0.3) is 0 Å². The number of rotatable bonds is 48. The number of hydrogen-bond acceptors (Lipinski definition) is 24. The monoisotopic (exact) mass is 2760 g/mol. The summed E-state index contributed by atoms with van der Waals surface area (Å²) in [6, 6.07) is 59.1. The van der Waals surface area contributed by atoms with Gasteiger partial charge in [0.1, 0.15) is 134 Å². The van der Waals surface area contributed by atoms with Crippen LogP contribution in [0.25, 0.3) is 0 Å². The molecule has 39 heteroatoms. The summed E-state index contributed by atoms with van der Waals surface area (Å²) >= 11 is 38.4. The SMILES string of the molecule is CC(CCl)COc1ccc(C(C)(C)c2ccc(OCC(O)Cn3nnc(CO)c3[123I])cc2)cc1.C[C@@H](CCl)COc1ccc(C(C)(C)c2ccc(OC[C@@H](O)Cn3nnc(CO)c3[123I])c(I)c2)cc1.C[C@@H](CCl)COc1ccc(C(C)(C)c2ccc(OC[C@H](O)Cn3nnc(CO)c3[123I])c(I)c2)cc1.C[C@H](CCl)COc1ccc(C(C)(C)c2ccc(OC[C@@H](O)Cn3nnc(CO)c3[123I])c(I)c2)cc1. The predicted octanol–water partition coefficient (Wildman–Crippen LogP) is 19.4. The Labute approximate surface area is 929 Å². The minimum atomic E-state index is -0.767. The Morgan fingerprint density at radius 2 is 0.453 bits per heavy atom. The van der Waals surface area contributed by atoms with Crippen molar-refractivity contribution in [3.63, 3.8) is 0 Å². The lowest BCUT2D eigenvalue weighted by molar-refractivity contribution is 0.0876. The highest BCUT2D eigenvalue weighted by Gasteiger charge is 2.31. The van der Waals surface area contributed by atoms with Gasteiger partial charge in [-0.15, -0.1) is 66.8 Å². The fraction of sp³-hybridized carbons (Fsp3) is 0.440. The number of aliphatic hydroxyl groups excluding tert-OH is 8. The summed E-state index contributed by atoms with van der Waals surface area (Å²) < 4.78 is 58.7. The Morgan fingerprint density at radius 1 is 0.281 bits per heavy atom. The fourth-order valence-corrected chi connectivity index (χ4v) is 18.3. The summed E-state index contributed by atoms with van der Waals surface area (Å²) in [6.45, 7) is 28.8. The number of aromatic nitrogens is 12. The summed E-state index contributed by atoms with van der Waals surface area (Å²) in [5, 5.41) is 110. The highest BCUT2D eigenvalue weighted by atomic mass is 127. The van der Waals surface area contributed by atoms with Crippen molar-refractivity contribution in [2.45, 2.75) is 182 Å². The minimum absolute atomic E-state index is 0.118. The summed E-state index contributed by atoms with van der Waals surface area (Å²) in [4.78, 5) is 0. The first-order valence-corrected chi connectivity index (χ1v) is 54.6. The molecule has 0 aliphatic rings. The molecule has 0 amide bonds. The molecule has 4 aromatic heterocycles. The third-order valence-electron chi connectivity index (χ3n) is 22.9. The normalized spacial score (nSPS) is 13.5. The molecule has 754 valence electrons. The van der Waals surface area contributed by atoms with Crippen molar-refractivity contribution in [1.29, 1.82) is 0 Å². The van der Waals surface area contributed by atoms with Crippen LogP contribution in [-0.4, -0.2) is 202 Å². The maximum absolute atomic E-state index is 10.4. The van der Waals surface area contributed by atoms with Gasteiger partial charge in [-0.2, -0.15) is 0 Å². The molecule has 0 aliphatic heterocycles. The summed E-state index contributed by atoms with van der Waals surface area (Å²) in [5.41, 5.74) is 10.5. The molecule has 8 atom stereocenters. The Balaban J connectivity index is 0.000000207. The topological polar surface area (TPSA) is 359 Å². The number of hydrogen-bond donors (Lipinski definition) is 8. The zero-order valence-corrected chi connectivity index (χ0v) is 97.5. The number of nitrogens with zero attached hydrogens (tertiary/aromatic N) is 12. The molecule has 0 saturated carbocycles. The Bertz CT molecular complexity index is 5340. The molecule has 0 spiro atoms. The van der Waals surface area contributed by atoms with Gasteiger partial charge in [-0.25, -0.2) is 18.7 Å². The van der Waals surface area contributed by atoms with Crippen molar-refractivity contribution in [2.75, 3.05) is 76.4 Å². The molecule has 8 aromatic carbocycles. The number of halogens is 11. The molecule has 12 aromatic rings. The molecule has 139 heavy (non-hydrogen) atoms. The third kappa shape index (κ3) is 34.7. The summed E-state index contributed by atoms with van der Waals surface area (Å²) in [6.07, 6.45) is -3.06. The van der Waals surface area contributed by atoms with E-state index in [0.717, 1.165) is 56.0 Å². The quantitative estimate of drug-likeness (QED) is 0.0130. The van der Waals surface area contributed by atoms with Crippen molar-refractivity contribution in [1.82, 2.24) is 60.0 Å². The van der Waals surface area contributed by atoms with Gasteiger partial charge in [-0.05, 0) is 300 Å². The van der Waals surface area contributed by atoms with Gasteiger partial charge < -0.3 is 78.7 Å². The van der Waals surface area contributed by atoms with Crippen LogP contribution >= 0.6 is 205 Å². The molecule has 4 heterocycles. The Kier molecular flexibility index (Phi) is 48.2. The van der Waals surface area contributed by atoms with Crippen LogP contribution in [0.2, 0.25) is 0 Å². The van der Waals surface area contributed by atoms with Gasteiger partial charge in [0.2, 0.25) is 0 Å². The lowest BCUT2D eigenvalue weighted by Gasteiger charge is -2.27. The zero-order chi connectivity index (χ0) is 101. The number of benzene rings is 8. The average Bonchev–Trinajstić information content (AvgIpc) is 1.73. The van der Waals surface area contributed by atoms with Crippen molar-refractivity contribution < 1.29 is 78.7 Å². The first kappa shape index (κ1) is 117. The van der Waals surface area contributed by atoms with E-state index in [1.165, 1.54) is 22.3 Å². The lowest BCUT2D eigenvalue weighted by Crippen LogP contribution is -2.25.